The molecule has 0 atom stereocenters. The Hall–Kier alpha value is -2.06. The van der Waals surface area contributed by atoms with Gasteiger partial charge in [0.05, 0.1) is 6.61 Å². The van der Waals surface area contributed by atoms with Gasteiger partial charge in [-0.3, -0.25) is 0 Å². The van der Waals surface area contributed by atoms with Crippen LogP contribution in [0, 0.1) is 0 Å². The van der Waals surface area contributed by atoms with Crippen LogP contribution in [0.4, 0.5) is 0 Å². The summed E-state index contributed by atoms with van der Waals surface area (Å²) in [5.74, 6) is 0.985. The van der Waals surface area contributed by atoms with Gasteiger partial charge in [-0.2, -0.15) is 0 Å². The first-order valence-electron chi connectivity index (χ1n) is 13.7. The fourth-order valence-electron chi connectivity index (χ4n) is 4.36. The number of aryl methyl sites for hydroxylation is 1. The van der Waals surface area contributed by atoms with E-state index in [0.29, 0.717) is 0 Å². The number of thiophene rings is 1. The lowest BCUT2D eigenvalue weighted by Gasteiger charge is -2.07. The summed E-state index contributed by atoms with van der Waals surface area (Å²) in [5, 5.41) is 0. The van der Waals surface area contributed by atoms with Crippen LogP contribution in [0.2, 0.25) is 0 Å². The van der Waals surface area contributed by atoms with Crippen molar-refractivity contribution in [3.8, 4) is 26.6 Å². The minimum atomic E-state index is 0.827. The fourth-order valence-corrected chi connectivity index (χ4v) is 5.38. The Balaban J connectivity index is 1.36. The molecule has 0 aliphatic rings. The van der Waals surface area contributed by atoms with Crippen molar-refractivity contribution in [1.82, 2.24) is 0 Å². The van der Waals surface area contributed by atoms with Crippen LogP contribution < -0.4 is 4.74 Å². The fraction of sp³-hybridized carbons (Fsp3) is 0.500. The lowest BCUT2D eigenvalue weighted by Crippen LogP contribution is -1.97. The minimum absolute atomic E-state index is 0.827. The van der Waals surface area contributed by atoms with Gasteiger partial charge in [0.2, 0.25) is 0 Å². The van der Waals surface area contributed by atoms with Gasteiger partial charge in [-0.1, -0.05) is 102 Å². The summed E-state index contributed by atoms with van der Waals surface area (Å²) in [6.07, 6.45) is 17.3. The Kier molecular flexibility index (Phi) is 12.3. The summed E-state index contributed by atoms with van der Waals surface area (Å²) >= 11 is 1.86. The third-order valence-electron chi connectivity index (χ3n) is 6.57. The topological polar surface area (TPSA) is 9.23 Å². The van der Waals surface area contributed by atoms with Gasteiger partial charge in [0, 0.05) is 9.75 Å². The monoisotopic (exact) mass is 476 g/mol. The number of benzene rings is 2. The van der Waals surface area contributed by atoms with Gasteiger partial charge in [-0.25, -0.2) is 0 Å². The Bertz CT molecular complexity index is 907. The molecule has 3 aromatic rings. The summed E-state index contributed by atoms with van der Waals surface area (Å²) in [5.41, 5.74) is 4.02. The molecule has 0 fully saturated rings. The van der Waals surface area contributed by atoms with E-state index in [1.165, 1.54) is 103 Å². The highest BCUT2D eigenvalue weighted by atomic mass is 32.1. The van der Waals surface area contributed by atoms with Gasteiger partial charge in [0.15, 0.2) is 0 Å². The lowest BCUT2D eigenvalue weighted by atomic mass is 10.1. The molecule has 184 valence electrons. The molecule has 0 spiro atoms. The van der Waals surface area contributed by atoms with E-state index in [-0.39, 0.29) is 0 Å². The Labute approximate surface area is 212 Å². The molecular formula is C32H44OS. The molecule has 34 heavy (non-hydrogen) atoms. The van der Waals surface area contributed by atoms with Crippen LogP contribution in [0.3, 0.4) is 0 Å². The number of rotatable bonds is 17. The zero-order valence-electron chi connectivity index (χ0n) is 21.5. The summed E-state index contributed by atoms with van der Waals surface area (Å²) in [6.45, 7) is 5.36. The molecule has 0 N–H and O–H groups in total. The van der Waals surface area contributed by atoms with E-state index in [1.54, 1.807) is 0 Å². The molecule has 1 heterocycles. The largest absolute Gasteiger partial charge is 0.494 e. The smallest absolute Gasteiger partial charge is 0.119 e. The molecule has 3 rings (SSSR count). The highest BCUT2D eigenvalue weighted by Crippen LogP contribution is 2.35. The maximum atomic E-state index is 5.99. The van der Waals surface area contributed by atoms with E-state index in [4.69, 9.17) is 4.74 Å². The van der Waals surface area contributed by atoms with Gasteiger partial charge >= 0.3 is 0 Å². The highest BCUT2D eigenvalue weighted by Gasteiger charge is 2.06. The summed E-state index contributed by atoms with van der Waals surface area (Å²) in [6, 6.07) is 22.2. The Morgan fingerprint density at radius 2 is 1.03 bits per heavy atom. The first-order valence-corrected chi connectivity index (χ1v) is 14.5. The van der Waals surface area contributed by atoms with Crippen molar-refractivity contribution in [1.29, 1.82) is 0 Å². The standard InChI is InChI=1S/C32H44OS/c1-3-5-7-8-9-10-11-12-13-14-26-33-30-22-20-29(21-23-30)32-25-24-31(34-32)28-18-16-27(17-19-28)15-6-4-2/h16-25H,3-15,26H2,1-2H3. The average Bonchev–Trinajstić information content (AvgIpc) is 3.37. The van der Waals surface area contributed by atoms with Crippen molar-refractivity contribution in [2.75, 3.05) is 6.61 Å². The van der Waals surface area contributed by atoms with Crippen LogP contribution in [0.5, 0.6) is 5.75 Å². The van der Waals surface area contributed by atoms with Crippen LogP contribution in [-0.4, -0.2) is 6.61 Å². The van der Waals surface area contributed by atoms with E-state index in [1.807, 2.05) is 11.3 Å². The molecular weight excluding hydrogens is 432 g/mol. The average molecular weight is 477 g/mol. The Morgan fingerprint density at radius 1 is 0.529 bits per heavy atom. The molecule has 0 unspecified atom stereocenters. The molecule has 1 aromatic heterocycles. The number of hydrogen-bond donors (Lipinski definition) is 0. The molecule has 0 saturated carbocycles. The van der Waals surface area contributed by atoms with Crippen LogP contribution >= 0.6 is 11.3 Å². The third-order valence-corrected chi connectivity index (χ3v) is 7.75. The second-order valence-electron chi connectivity index (χ2n) is 9.52. The van der Waals surface area contributed by atoms with Gasteiger partial charge in [-0.05, 0) is 72.4 Å². The molecule has 2 aromatic carbocycles. The second-order valence-corrected chi connectivity index (χ2v) is 10.6. The zero-order valence-corrected chi connectivity index (χ0v) is 22.3. The summed E-state index contributed by atoms with van der Waals surface area (Å²) in [4.78, 5) is 2.64. The van der Waals surface area contributed by atoms with Gasteiger partial charge in [-0.15, -0.1) is 11.3 Å². The molecule has 0 aliphatic carbocycles. The molecule has 0 aliphatic heterocycles. The van der Waals surface area contributed by atoms with E-state index >= 15 is 0 Å². The van der Waals surface area contributed by atoms with Crippen LogP contribution in [0.15, 0.2) is 60.7 Å². The van der Waals surface area contributed by atoms with E-state index < -0.39 is 0 Å². The SMILES string of the molecule is CCCCCCCCCCCCOc1ccc(-c2ccc(-c3ccc(CCCC)cc3)s2)cc1. The van der Waals surface area contributed by atoms with Crippen molar-refractivity contribution in [2.24, 2.45) is 0 Å². The van der Waals surface area contributed by atoms with Crippen LogP contribution in [0.25, 0.3) is 20.9 Å². The molecule has 0 saturated heterocycles. The molecule has 1 nitrogen and oxygen atoms in total. The predicted molar refractivity (Wildman–Crippen MR) is 151 cm³/mol. The van der Waals surface area contributed by atoms with Gasteiger partial charge in [0.1, 0.15) is 5.75 Å². The Morgan fingerprint density at radius 3 is 1.59 bits per heavy atom. The van der Waals surface area contributed by atoms with Crippen molar-refractivity contribution in [3.05, 3.63) is 66.2 Å². The van der Waals surface area contributed by atoms with E-state index in [2.05, 4.69) is 74.5 Å². The van der Waals surface area contributed by atoms with Crippen molar-refractivity contribution in [3.63, 3.8) is 0 Å². The number of unbranched alkanes of at least 4 members (excludes halogenated alkanes) is 10. The van der Waals surface area contributed by atoms with Crippen LogP contribution in [0.1, 0.15) is 96.5 Å². The van der Waals surface area contributed by atoms with Crippen molar-refractivity contribution < 1.29 is 4.74 Å². The first-order chi connectivity index (χ1) is 16.8. The lowest BCUT2D eigenvalue weighted by molar-refractivity contribution is 0.304. The maximum Gasteiger partial charge on any atom is 0.119 e. The molecule has 0 amide bonds. The molecule has 0 bridgehead atoms. The maximum absolute atomic E-state index is 5.99. The van der Waals surface area contributed by atoms with Crippen molar-refractivity contribution >= 4 is 11.3 Å². The number of hydrogen-bond acceptors (Lipinski definition) is 2. The van der Waals surface area contributed by atoms with Gasteiger partial charge < -0.3 is 4.74 Å². The summed E-state index contributed by atoms with van der Waals surface area (Å²) < 4.78 is 5.99. The predicted octanol–water partition coefficient (Wildman–Crippen LogP) is 10.7. The zero-order chi connectivity index (χ0) is 23.8. The van der Waals surface area contributed by atoms with Gasteiger partial charge in [0.25, 0.3) is 0 Å². The van der Waals surface area contributed by atoms with Crippen LogP contribution in [-0.2, 0) is 6.42 Å². The normalized spacial score (nSPS) is 11.1. The molecule has 0 radical (unpaired) electrons. The second kappa shape index (κ2) is 15.8. The van der Waals surface area contributed by atoms with E-state index in [9.17, 15) is 0 Å². The third kappa shape index (κ3) is 9.29. The number of ether oxygens (including phenoxy) is 1. The minimum Gasteiger partial charge on any atom is -0.494 e. The summed E-state index contributed by atoms with van der Waals surface area (Å²) in [7, 11) is 0. The van der Waals surface area contributed by atoms with Crippen molar-refractivity contribution in [2.45, 2.75) is 97.3 Å². The molecule has 2 heteroatoms. The highest BCUT2D eigenvalue weighted by molar-refractivity contribution is 7.18. The first kappa shape index (κ1) is 26.5. The quantitative estimate of drug-likeness (QED) is 0.176. The van der Waals surface area contributed by atoms with E-state index in [0.717, 1.165) is 18.8 Å².